The summed E-state index contributed by atoms with van der Waals surface area (Å²) < 4.78 is 17.1. The summed E-state index contributed by atoms with van der Waals surface area (Å²) in [6.45, 7) is 15.0. The zero-order valence-corrected chi connectivity index (χ0v) is 12.8. The van der Waals surface area contributed by atoms with Crippen LogP contribution < -0.4 is 0 Å². The molecule has 0 spiro atoms. The van der Waals surface area contributed by atoms with Crippen LogP contribution in [0, 0.1) is 17.8 Å². The molecule has 0 aliphatic rings. The quantitative estimate of drug-likeness (QED) is 0.591. The van der Waals surface area contributed by atoms with Gasteiger partial charge in [-0.05, 0) is 17.8 Å². The van der Waals surface area contributed by atoms with Crippen LogP contribution in [0.2, 0.25) is 0 Å². The van der Waals surface area contributed by atoms with Crippen molar-refractivity contribution in [1.82, 2.24) is 0 Å². The topological polar surface area (TPSA) is 27.7 Å². The van der Waals surface area contributed by atoms with Crippen LogP contribution in [0.4, 0.5) is 0 Å². The van der Waals surface area contributed by atoms with E-state index < -0.39 is 15.1 Å². The maximum absolute atomic E-state index is 5.70. The minimum atomic E-state index is -1.90. The van der Waals surface area contributed by atoms with Crippen LogP contribution in [0.25, 0.3) is 0 Å². The van der Waals surface area contributed by atoms with E-state index in [0.29, 0.717) is 17.8 Å². The van der Waals surface area contributed by atoms with Crippen LogP contribution in [0.3, 0.4) is 0 Å². The third-order valence-corrected chi connectivity index (χ3v) is 3.09. The molecular weight excluding hydrogens is 226 g/mol. The van der Waals surface area contributed by atoms with E-state index in [-0.39, 0.29) is 18.9 Å². The average Bonchev–Trinajstić information content (AvgIpc) is 2.15. The van der Waals surface area contributed by atoms with Gasteiger partial charge < -0.3 is 11.4 Å². The molecule has 0 aliphatic heterocycles. The van der Waals surface area contributed by atoms with Crippen molar-refractivity contribution >= 4 is 34.0 Å². The van der Waals surface area contributed by atoms with Gasteiger partial charge in [0.15, 0.2) is 0 Å². The van der Waals surface area contributed by atoms with Gasteiger partial charge >= 0.3 is 34.0 Å². The van der Waals surface area contributed by atoms with Crippen molar-refractivity contribution in [3.8, 4) is 0 Å². The molecule has 0 unspecified atom stereocenters. The summed E-state index contributed by atoms with van der Waals surface area (Å²) in [4.78, 5) is 0. The molecule has 0 radical (unpaired) electrons. The van der Waals surface area contributed by atoms with E-state index in [0.717, 1.165) is 19.8 Å². The van der Waals surface area contributed by atoms with E-state index >= 15 is 0 Å². The normalized spacial score (nSPS) is 11.1. The number of hydrogen-bond donors (Lipinski definition) is 0. The Morgan fingerprint density at radius 2 is 0.882 bits per heavy atom. The monoisotopic (exact) mass is 254 g/mol. The first-order chi connectivity index (χ1) is 7.41. The summed E-state index contributed by atoms with van der Waals surface area (Å²) in [7, 11) is 0. The van der Waals surface area contributed by atoms with E-state index in [2.05, 4.69) is 41.5 Å². The first-order valence-electron chi connectivity index (χ1n) is 6.26. The Balaban J connectivity index is 0. The van der Waals surface area contributed by atoms with Crippen LogP contribution in [0.1, 0.15) is 41.5 Å². The fourth-order valence-electron chi connectivity index (χ4n) is 0.957. The molecule has 3 nitrogen and oxygen atoms in total. The molecule has 0 bridgehead atoms. The molecule has 0 aromatic heterocycles. The Morgan fingerprint density at radius 1 is 0.647 bits per heavy atom. The van der Waals surface area contributed by atoms with Crippen molar-refractivity contribution in [3.63, 3.8) is 0 Å². The first-order valence-corrected chi connectivity index (χ1v) is 7.68. The van der Waals surface area contributed by atoms with Crippen molar-refractivity contribution in [2.75, 3.05) is 19.8 Å². The second-order valence-corrected chi connectivity index (χ2v) is 7.05. The van der Waals surface area contributed by atoms with Gasteiger partial charge in [0.05, 0.1) is 0 Å². The van der Waals surface area contributed by atoms with E-state index in [1.807, 2.05) is 0 Å². The molecule has 0 fully saturated rings. The van der Waals surface area contributed by atoms with Gasteiger partial charge in [-0.3, -0.25) is 0 Å². The second kappa shape index (κ2) is 12.1. The molecule has 0 aromatic carbocycles. The maximum atomic E-state index is 5.70. The van der Waals surface area contributed by atoms with Gasteiger partial charge in [0.25, 0.3) is 0 Å². The van der Waals surface area contributed by atoms with Crippen molar-refractivity contribution in [2.45, 2.75) is 41.5 Å². The standard InChI is InChI=1S/3C4H9O.Al.Li.H/c3*1-4(2)3-5;;;/h3*4H,3H2,1-2H3;;;/q3*-1;+3;;. The third-order valence-electron chi connectivity index (χ3n) is 1.70. The van der Waals surface area contributed by atoms with Crippen LogP contribution >= 0.6 is 0 Å². The van der Waals surface area contributed by atoms with Crippen LogP contribution in [0.15, 0.2) is 0 Å². The molecule has 0 rings (SSSR count). The Hall–Kier alpha value is 1.01. The third kappa shape index (κ3) is 15.0. The van der Waals surface area contributed by atoms with Crippen LogP contribution in [-0.2, 0) is 11.4 Å². The van der Waals surface area contributed by atoms with Crippen molar-refractivity contribution in [3.05, 3.63) is 0 Å². The fourth-order valence-corrected chi connectivity index (χ4v) is 2.87. The van der Waals surface area contributed by atoms with Crippen LogP contribution in [-0.4, -0.2) is 53.8 Å². The molecule has 0 aliphatic carbocycles. The zero-order valence-electron chi connectivity index (χ0n) is 11.7. The van der Waals surface area contributed by atoms with Crippen LogP contribution in [0.5, 0.6) is 0 Å². The molecule has 0 amide bonds. The van der Waals surface area contributed by atoms with E-state index in [1.165, 1.54) is 0 Å². The molecule has 5 heteroatoms. The summed E-state index contributed by atoms with van der Waals surface area (Å²) in [5, 5.41) is 0. The van der Waals surface area contributed by atoms with E-state index in [4.69, 9.17) is 11.4 Å². The molecule has 0 saturated heterocycles. The molecule has 0 saturated carbocycles. The van der Waals surface area contributed by atoms with Gasteiger partial charge in [-0.1, -0.05) is 41.5 Å². The number of hydrogen-bond acceptors (Lipinski definition) is 3. The molecule has 0 heterocycles. The predicted molar refractivity (Wildman–Crippen MR) is 75.3 cm³/mol. The van der Waals surface area contributed by atoms with Crippen molar-refractivity contribution in [1.29, 1.82) is 0 Å². The van der Waals surface area contributed by atoms with E-state index in [1.54, 1.807) is 0 Å². The van der Waals surface area contributed by atoms with Crippen molar-refractivity contribution < 1.29 is 11.4 Å². The number of rotatable bonds is 9. The molecule has 0 N–H and O–H groups in total. The summed E-state index contributed by atoms with van der Waals surface area (Å²) >= 11 is -1.90. The Morgan fingerprint density at radius 3 is 1.06 bits per heavy atom. The molecule has 0 aromatic rings. The Bertz CT molecular complexity index is 137. The summed E-state index contributed by atoms with van der Waals surface area (Å²) in [6, 6.07) is 0. The predicted octanol–water partition coefficient (Wildman–Crippen LogP) is 2.34. The zero-order chi connectivity index (χ0) is 12.6. The minimum absolute atomic E-state index is 0. The fraction of sp³-hybridized carbons (Fsp3) is 1.00. The van der Waals surface area contributed by atoms with Gasteiger partial charge in [-0.25, -0.2) is 0 Å². The Labute approximate surface area is 124 Å². The second-order valence-electron chi connectivity index (χ2n) is 5.47. The molecule has 0 atom stereocenters. The van der Waals surface area contributed by atoms with Crippen molar-refractivity contribution in [2.24, 2.45) is 17.8 Å². The van der Waals surface area contributed by atoms with Gasteiger partial charge in [-0.2, -0.15) is 0 Å². The first kappa shape index (κ1) is 20.3. The molecular formula is C12H28AlLiO3. The Kier molecular flexibility index (Phi) is 14.4. The summed E-state index contributed by atoms with van der Waals surface area (Å²) in [5.41, 5.74) is 0. The van der Waals surface area contributed by atoms with Gasteiger partial charge in [0.2, 0.25) is 0 Å². The van der Waals surface area contributed by atoms with Gasteiger partial charge in [0, 0.05) is 19.8 Å². The summed E-state index contributed by atoms with van der Waals surface area (Å²) in [5.74, 6) is 1.58. The molecule has 98 valence electrons. The summed E-state index contributed by atoms with van der Waals surface area (Å²) in [6.07, 6.45) is 0. The molecule has 17 heavy (non-hydrogen) atoms. The van der Waals surface area contributed by atoms with Gasteiger partial charge in [-0.15, -0.1) is 0 Å². The van der Waals surface area contributed by atoms with E-state index in [9.17, 15) is 0 Å². The SMILES string of the molecule is CC(C)C[O][Al]([O]CC(C)C)[O]CC(C)C.[LiH]. The van der Waals surface area contributed by atoms with Gasteiger partial charge in [0.1, 0.15) is 0 Å². The average molecular weight is 254 g/mol.